The van der Waals surface area contributed by atoms with E-state index in [9.17, 15) is 4.79 Å². The van der Waals surface area contributed by atoms with Crippen molar-refractivity contribution in [2.45, 2.75) is 13.1 Å². The zero-order valence-electron chi connectivity index (χ0n) is 14.6. The molecule has 3 rings (SSSR count). The van der Waals surface area contributed by atoms with Gasteiger partial charge in [-0.05, 0) is 35.4 Å². The highest BCUT2D eigenvalue weighted by Gasteiger charge is 2.07. The van der Waals surface area contributed by atoms with Gasteiger partial charge < -0.3 is 15.4 Å². The molecular formula is C21H21N3O2. The number of nitrogens with zero attached hydrogens (tertiary/aromatic N) is 1. The summed E-state index contributed by atoms with van der Waals surface area (Å²) in [6.07, 6.45) is 1.63. The van der Waals surface area contributed by atoms with Crippen molar-refractivity contribution in [3.8, 4) is 5.75 Å². The number of aromatic nitrogens is 1. The summed E-state index contributed by atoms with van der Waals surface area (Å²) < 4.78 is 5.16. The van der Waals surface area contributed by atoms with Crippen molar-refractivity contribution in [3.63, 3.8) is 0 Å². The van der Waals surface area contributed by atoms with Crippen molar-refractivity contribution in [1.82, 2.24) is 10.3 Å². The lowest BCUT2D eigenvalue weighted by atomic mass is 10.2. The van der Waals surface area contributed by atoms with E-state index in [1.807, 2.05) is 60.7 Å². The van der Waals surface area contributed by atoms with E-state index < -0.39 is 0 Å². The monoisotopic (exact) mass is 347 g/mol. The summed E-state index contributed by atoms with van der Waals surface area (Å²) in [4.78, 5) is 16.5. The Morgan fingerprint density at radius 2 is 1.69 bits per heavy atom. The number of nitrogens with one attached hydrogen (secondary N) is 2. The number of hydrogen-bond acceptors (Lipinski definition) is 4. The van der Waals surface area contributed by atoms with Crippen LogP contribution in [0.25, 0.3) is 0 Å². The molecule has 2 N–H and O–H groups in total. The fraction of sp³-hybridized carbons (Fsp3) is 0.143. The van der Waals surface area contributed by atoms with Gasteiger partial charge in [-0.15, -0.1) is 0 Å². The number of rotatable bonds is 7. The highest BCUT2D eigenvalue weighted by atomic mass is 16.5. The maximum Gasteiger partial charge on any atom is 0.270 e. The smallest absolute Gasteiger partial charge is 0.270 e. The van der Waals surface area contributed by atoms with Crippen molar-refractivity contribution < 1.29 is 9.53 Å². The Morgan fingerprint density at radius 1 is 0.962 bits per heavy atom. The molecule has 1 heterocycles. The Bertz CT molecular complexity index is 849. The Kier molecular flexibility index (Phi) is 5.83. The first kappa shape index (κ1) is 17.5. The Labute approximate surface area is 153 Å². The molecule has 0 fully saturated rings. The van der Waals surface area contributed by atoms with E-state index >= 15 is 0 Å². The molecule has 0 saturated heterocycles. The van der Waals surface area contributed by atoms with Crippen LogP contribution >= 0.6 is 0 Å². The molecule has 0 radical (unpaired) electrons. The minimum atomic E-state index is -0.193. The van der Waals surface area contributed by atoms with Gasteiger partial charge in [0.1, 0.15) is 11.4 Å². The Hall–Kier alpha value is -3.34. The summed E-state index contributed by atoms with van der Waals surface area (Å²) in [5, 5.41) is 6.19. The lowest BCUT2D eigenvalue weighted by Crippen LogP contribution is -2.23. The maximum absolute atomic E-state index is 12.3. The largest absolute Gasteiger partial charge is 0.497 e. The number of carbonyl (C=O) groups excluding carboxylic acids is 1. The fourth-order valence-electron chi connectivity index (χ4n) is 2.48. The average Bonchev–Trinajstić information content (AvgIpc) is 2.72. The predicted molar refractivity (Wildman–Crippen MR) is 102 cm³/mol. The molecule has 0 spiro atoms. The van der Waals surface area contributed by atoms with Gasteiger partial charge in [-0.1, -0.05) is 42.5 Å². The summed E-state index contributed by atoms with van der Waals surface area (Å²) in [6.45, 7) is 1.13. The number of benzene rings is 2. The van der Waals surface area contributed by atoms with Gasteiger partial charge in [0.25, 0.3) is 5.91 Å². The molecule has 0 saturated carbocycles. The zero-order valence-corrected chi connectivity index (χ0v) is 14.6. The summed E-state index contributed by atoms with van der Waals surface area (Å²) >= 11 is 0. The third-order valence-corrected chi connectivity index (χ3v) is 3.94. The molecule has 0 aliphatic rings. The van der Waals surface area contributed by atoms with Gasteiger partial charge in [0, 0.05) is 25.0 Å². The molecule has 0 unspecified atom stereocenters. The van der Waals surface area contributed by atoms with E-state index in [1.54, 1.807) is 19.4 Å². The maximum atomic E-state index is 12.3. The van der Waals surface area contributed by atoms with Gasteiger partial charge in [-0.3, -0.25) is 9.78 Å². The number of ether oxygens (including phenoxy) is 1. The van der Waals surface area contributed by atoms with Crippen LogP contribution in [0.5, 0.6) is 5.75 Å². The van der Waals surface area contributed by atoms with Crippen molar-refractivity contribution >= 4 is 11.6 Å². The molecule has 5 heteroatoms. The van der Waals surface area contributed by atoms with Crippen LogP contribution in [-0.2, 0) is 13.1 Å². The van der Waals surface area contributed by atoms with Crippen molar-refractivity contribution in [1.29, 1.82) is 0 Å². The van der Waals surface area contributed by atoms with Gasteiger partial charge in [0.15, 0.2) is 0 Å². The molecule has 26 heavy (non-hydrogen) atoms. The molecule has 2 aromatic carbocycles. The third-order valence-electron chi connectivity index (χ3n) is 3.94. The second-order valence-corrected chi connectivity index (χ2v) is 5.80. The van der Waals surface area contributed by atoms with E-state index in [2.05, 4.69) is 15.6 Å². The average molecular weight is 347 g/mol. The Morgan fingerprint density at radius 3 is 2.42 bits per heavy atom. The quantitative estimate of drug-likeness (QED) is 0.685. The van der Waals surface area contributed by atoms with Gasteiger partial charge in [0.2, 0.25) is 0 Å². The van der Waals surface area contributed by atoms with Crippen LogP contribution in [0, 0.1) is 0 Å². The summed E-state index contributed by atoms with van der Waals surface area (Å²) in [5.74, 6) is 0.636. The SMILES string of the molecule is COc1ccc(CNc2ccnc(C(=O)NCc3ccccc3)c2)cc1. The lowest BCUT2D eigenvalue weighted by molar-refractivity contribution is 0.0946. The van der Waals surface area contributed by atoms with E-state index in [-0.39, 0.29) is 5.91 Å². The summed E-state index contributed by atoms with van der Waals surface area (Å²) in [5.41, 5.74) is 3.41. The summed E-state index contributed by atoms with van der Waals surface area (Å²) in [6, 6.07) is 21.2. The van der Waals surface area contributed by atoms with Gasteiger partial charge in [-0.2, -0.15) is 0 Å². The second-order valence-electron chi connectivity index (χ2n) is 5.80. The van der Waals surface area contributed by atoms with E-state index in [4.69, 9.17) is 4.74 Å². The highest BCUT2D eigenvalue weighted by Crippen LogP contribution is 2.14. The molecule has 0 aliphatic heterocycles. The van der Waals surface area contributed by atoms with Crippen LogP contribution in [0.15, 0.2) is 72.9 Å². The number of anilines is 1. The van der Waals surface area contributed by atoms with Gasteiger partial charge >= 0.3 is 0 Å². The molecule has 0 aliphatic carbocycles. The van der Waals surface area contributed by atoms with Crippen LogP contribution < -0.4 is 15.4 Å². The minimum Gasteiger partial charge on any atom is -0.497 e. The van der Waals surface area contributed by atoms with E-state index in [1.165, 1.54) is 0 Å². The molecule has 3 aromatic rings. The first-order chi connectivity index (χ1) is 12.7. The topological polar surface area (TPSA) is 63.2 Å². The van der Waals surface area contributed by atoms with Crippen molar-refractivity contribution in [2.24, 2.45) is 0 Å². The molecule has 1 amide bonds. The van der Waals surface area contributed by atoms with Crippen LogP contribution in [-0.4, -0.2) is 18.0 Å². The second kappa shape index (κ2) is 8.67. The first-order valence-electron chi connectivity index (χ1n) is 8.39. The van der Waals surface area contributed by atoms with Gasteiger partial charge in [0.05, 0.1) is 7.11 Å². The lowest BCUT2D eigenvalue weighted by Gasteiger charge is -2.09. The molecular weight excluding hydrogens is 326 g/mol. The standard InChI is InChI=1S/C21H21N3O2/c1-26-19-9-7-17(8-10-19)14-23-18-11-12-22-20(13-18)21(25)24-15-16-5-3-2-4-6-16/h2-13H,14-15H2,1H3,(H,22,23)(H,24,25). The van der Waals surface area contributed by atoms with Crippen LogP contribution in [0.1, 0.15) is 21.6 Å². The first-order valence-corrected chi connectivity index (χ1v) is 8.39. The molecule has 132 valence electrons. The molecule has 0 atom stereocenters. The fourth-order valence-corrected chi connectivity index (χ4v) is 2.48. The number of pyridine rings is 1. The number of carbonyl (C=O) groups is 1. The van der Waals surface area contributed by atoms with Gasteiger partial charge in [-0.25, -0.2) is 0 Å². The molecule has 5 nitrogen and oxygen atoms in total. The summed E-state index contributed by atoms with van der Waals surface area (Å²) in [7, 11) is 1.65. The van der Waals surface area contributed by atoms with Crippen molar-refractivity contribution in [2.75, 3.05) is 12.4 Å². The highest BCUT2D eigenvalue weighted by molar-refractivity contribution is 5.93. The number of methoxy groups -OCH3 is 1. The predicted octanol–water partition coefficient (Wildman–Crippen LogP) is 3.63. The Balaban J connectivity index is 1.57. The van der Waals surface area contributed by atoms with Crippen LogP contribution in [0.3, 0.4) is 0 Å². The molecule has 1 aromatic heterocycles. The number of hydrogen-bond donors (Lipinski definition) is 2. The van der Waals surface area contributed by atoms with Crippen LogP contribution in [0.4, 0.5) is 5.69 Å². The minimum absolute atomic E-state index is 0.193. The van der Waals surface area contributed by atoms with E-state index in [0.29, 0.717) is 18.8 Å². The van der Waals surface area contributed by atoms with Crippen LogP contribution in [0.2, 0.25) is 0 Å². The van der Waals surface area contributed by atoms with E-state index in [0.717, 1.165) is 22.6 Å². The zero-order chi connectivity index (χ0) is 18.2. The van der Waals surface area contributed by atoms with Crippen molar-refractivity contribution in [3.05, 3.63) is 89.7 Å². The third kappa shape index (κ3) is 4.83. The number of amides is 1. The normalized spacial score (nSPS) is 10.2. The molecule has 0 bridgehead atoms.